The smallest absolute Gasteiger partial charge is 0.311 e. The Morgan fingerprint density at radius 1 is 1.16 bits per heavy atom. The van der Waals surface area contributed by atoms with E-state index in [1.165, 1.54) is 13.8 Å². The van der Waals surface area contributed by atoms with E-state index in [4.69, 9.17) is 14.2 Å². The largest absolute Gasteiger partial charge is 0.462 e. The zero-order chi connectivity index (χ0) is 22.5. The topological polar surface area (TPSA) is 102 Å². The summed E-state index contributed by atoms with van der Waals surface area (Å²) in [7, 11) is 0. The van der Waals surface area contributed by atoms with E-state index in [2.05, 4.69) is 4.90 Å². The lowest BCUT2D eigenvalue weighted by Gasteiger charge is -2.43. The lowest BCUT2D eigenvalue weighted by Crippen LogP contribution is -2.52. The van der Waals surface area contributed by atoms with Gasteiger partial charge in [-0.25, -0.2) is 0 Å². The molecule has 2 heterocycles. The van der Waals surface area contributed by atoms with Gasteiger partial charge in [0.25, 0.3) is 0 Å². The first-order valence-electron chi connectivity index (χ1n) is 11.6. The van der Waals surface area contributed by atoms with Gasteiger partial charge in [0, 0.05) is 44.1 Å². The Hall–Kier alpha value is -1.67. The van der Waals surface area contributed by atoms with Gasteiger partial charge in [-0.05, 0) is 38.3 Å². The molecule has 8 nitrogen and oxygen atoms in total. The molecule has 2 saturated heterocycles. The molecule has 2 aliphatic carbocycles. The number of hydrogen-bond acceptors (Lipinski definition) is 8. The number of carbonyl (C=O) groups excluding carboxylic acids is 3. The molecule has 31 heavy (non-hydrogen) atoms. The monoisotopic (exact) mass is 437 g/mol. The molecule has 4 aliphatic rings. The van der Waals surface area contributed by atoms with Crippen molar-refractivity contribution in [3.05, 3.63) is 0 Å². The molecule has 0 aromatic heterocycles. The number of carbonyl (C=O) groups is 3. The zero-order valence-electron chi connectivity index (χ0n) is 18.9. The normalized spacial score (nSPS) is 44.9. The Labute approximate surface area is 183 Å². The summed E-state index contributed by atoms with van der Waals surface area (Å²) in [6.07, 6.45) is 0.822. The van der Waals surface area contributed by atoms with E-state index in [1.54, 1.807) is 0 Å². The number of rotatable bonds is 4. The van der Waals surface area contributed by atoms with E-state index in [0.29, 0.717) is 19.4 Å². The van der Waals surface area contributed by atoms with Crippen molar-refractivity contribution in [2.24, 2.45) is 29.1 Å². The van der Waals surface area contributed by atoms with Crippen molar-refractivity contribution in [1.29, 1.82) is 0 Å². The van der Waals surface area contributed by atoms with Gasteiger partial charge in [0.05, 0.1) is 12.0 Å². The Morgan fingerprint density at radius 3 is 2.42 bits per heavy atom. The first kappa shape index (κ1) is 22.5. The van der Waals surface area contributed by atoms with Crippen molar-refractivity contribution < 1.29 is 33.7 Å². The Balaban J connectivity index is 1.69. The third-order valence-corrected chi connectivity index (χ3v) is 8.22. The predicted molar refractivity (Wildman–Crippen MR) is 110 cm³/mol. The molecule has 0 spiro atoms. The molecule has 0 bridgehead atoms. The van der Waals surface area contributed by atoms with Gasteiger partial charge < -0.3 is 24.2 Å². The second-order valence-corrected chi connectivity index (χ2v) is 10.2. The number of esters is 3. The molecule has 4 fully saturated rings. The van der Waals surface area contributed by atoms with E-state index in [1.807, 2.05) is 13.8 Å². The van der Waals surface area contributed by atoms with Gasteiger partial charge in [-0.15, -0.1) is 0 Å². The van der Waals surface area contributed by atoms with Crippen LogP contribution < -0.4 is 0 Å². The highest BCUT2D eigenvalue weighted by molar-refractivity contribution is 5.76. The highest BCUT2D eigenvalue weighted by atomic mass is 16.6. The molecule has 1 N–H and O–H groups in total. The molecule has 2 saturated carbocycles. The number of aliphatic hydroxyl groups is 1. The molecule has 0 aromatic rings. The Kier molecular flexibility index (Phi) is 6.07. The SMILES string of the molecule is CC(=O)O[C@H]1C[C@H](OC(C)=O)[C@]2(C)[C@@H]1[C@H](C)C[C@@H]1OC(=O)[C@H](CN3CCCC3)[C@H]1[C@@H]2O. The number of likely N-dealkylation sites (tertiary alicyclic amines) is 1. The number of fused-ring (bicyclic) bond motifs is 2. The van der Waals surface area contributed by atoms with E-state index in [9.17, 15) is 19.5 Å². The highest BCUT2D eigenvalue weighted by Crippen LogP contribution is 2.58. The van der Waals surface area contributed by atoms with E-state index < -0.39 is 35.6 Å². The standard InChI is InChI=1S/C23H35NO7/c1-12-9-16-19(15(22(28)31-16)11-24-7-5-6-8-24)21(27)23(4)18(30-14(3)26)10-17(20(12)23)29-13(2)25/h12,15-21,27H,5-11H2,1-4H3/t12-,15-,16+,17+,18+,19-,20-,21+,23-/m1/s1. The van der Waals surface area contributed by atoms with Crippen LogP contribution in [0, 0.1) is 29.1 Å². The second-order valence-electron chi connectivity index (χ2n) is 10.2. The van der Waals surface area contributed by atoms with Crippen LogP contribution in [0.25, 0.3) is 0 Å². The lowest BCUT2D eigenvalue weighted by molar-refractivity contribution is -0.165. The molecule has 4 rings (SSSR count). The van der Waals surface area contributed by atoms with Crippen molar-refractivity contribution >= 4 is 17.9 Å². The van der Waals surface area contributed by atoms with Gasteiger partial charge in [-0.3, -0.25) is 14.4 Å². The van der Waals surface area contributed by atoms with Crippen molar-refractivity contribution in [1.82, 2.24) is 4.90 Å². The average molecular weight is 438 g/mol. The lowest BCUT2D eigenvalue weighted by atomic mass is 9.66. The molecule has 8 heteroatoms. The molecule has 0 radical (unpaired) electrons. The fourth-order valence-corrected chi connectivity index (χ4v) is 7.03. The fraction of sp³-hybridized carbons (Fsp3) is 0.870. The molecule has 0 unspecified atom stereocenters. The number of ether oxygens (including phenoxy) is 3. The molecule has 174 valence electrons. The third-order valence-electron chi connectivity index (χ3n) is 8.22. The summed E-state index contributed by atoms with van der Waals surface area (Å²) >= 11 is 0. The van der Waals surface area contributed by atoms with Crippen LogP contribution in [-0.4, -0.2) is 72.0 Å². The van der Waals surface area contributed by atoms with Gasteiger partial charge in [-0.2, -0.15) is 0 Å². The average Bonchev–Trinajstić information content (AvgIpc) is 3.32. The van der Waals surface area contributed by atoms with Crippen LogP contribution >= 0.6 is 0 Å². The van der Waals surface area contributed by atoms with E-state index in [0.717, 1.165) is 25.9 Å². The summed E-state index contributed by atoms with van der Waals surface area (Å²) in [5.41, 5.74) is -0.845. The molecule has 0 amide bonds. The van der Waals surface area contributed by atoms with Gasteiger partial charge in [0.15, 0.2) is 0 Å². The minimum absolute atomic E-state index is 0.0119. The van der Waals surface area contributed by atoms with E-state index >= 15 is 0 Å². The van der Waals surface area contributed by atoms with Gasteiger partial charge in [0.1, 0.15) is 18.3 Å². The fourth-order valence-electron chi connectivity index (χ4n) is 7.03. The zero-order valence-corrected chi connectivity index (χ0v) is 18.9. The summed E-state index contributed by atoms with van der Waals surface area (Å²) in [5.74, 6) is -2.03. The molecular weight excluding hydrogens is 402 g/mol. The molecular formula is C23H35NO7. The maximum atomic E-state index is 12.8. The summed E-state index contributed by atoms with van der Waals surface area (Å²) in [6, 6.07) is 0. The van der Waals surface area contributed by atoms with Crippen molar-refractivity contribution in [3.8, 4) is 0 Å². The van der Waals surface area contributed by atoms with Gasteiger partial charge in [-0.1, -0.05) is 13.8 Å². The van der Waals surface area contributed by atoms with Crippen LogP contribution in [0.2, 0.25) is 0 Å². The minimum Gasteiger partial charge on any atom is -0.462 e. The minimum atomic E-state index is -0.920. The van der Waals surface area contributed by atoms with Crippen molar-refractivity contribution in [2.45, 2.75) is 77.8 Å². The summed E-state index contributed by atoms with van der Waals surface area (Å²) in [5, 5.41) is 11.8. The van der Waals surface area contributed by atoms with Crippen LogP contribution in [0.3, 0.4) is 0 Å². The first-order valence-corrected chi connectivity index (χ1v) is 11.6. The molecule has 2 aliphatic heterocycles. The number of aliphatic hydroxyl groups excluding tert-OH is 1. The highest BCUT2D eigenvalue weighted by Gasteiger charge is 2.67. The predicted octanol–water partition coefficient (Wildman–Crippen LogP) is 1.53. The van der Waals surface area contributed by atoms with Crippen LogP contribution in [0.1, 0.15) is 53.4 Å². The van der Waals surface area contributed by atoms with E-state index in [-0.39, 0.29) is 35.8 Å². The summed E-state index contributed by atoms with van der Waals surface area (Å²) in [4.78, 5) is 38.8. The number of hydrogen-bond donors (Lipinski definition) is 1. The van der Waals surface area contributed by atoms with Crippen molar-refractivity contribution in [2.75, 3.05) is 19.6 Å². The van der Waals surface area contributed by atoms with Crippen LogP contribution in [-0.2, 0) is 28.6 Å². The van der Waals surface area contributed by atoms with Crippen molar-refractivity contribution in [3.63, 3.8) is 0 Å². The van der Waals surface area contributed by atoms with Gasteiger partial charge in [0.2, 0.25) is 0 Å². The van der Waals surface area contributed by atoms with Crippen LogP contribution in [0.4, 0.5) is 0 Å². The Bertz CT molecular complexity index is 735. The molecule has 0 aromatic carbocycles. The summed E-state index contributed by atoms with van der Waals surface area (Å²) < 4.78 is 17.2. The van der Waals surface area contributed by atoms with Crippen LogP contribution in [0.15, 0.2) is 0 Å². The maximum Gasteiger partial charge on any atom is 0.311 e. The summed E-state index contributed by atoms with van der Waals surface area (Å²) in [6.45, 7) is 9.19. The van der Waals surface area contributed by atoms with Gasteiger partial charge >= 0.3 is 17.9 Å². The Morgan fingerprint density at radius 2 is 1.81 bits per heavy atom. The third kappa shape index (κ3) is 3.86. The van der Waals surface area contributed by atoms with Crippen LogP contribution in [0.5, 0.6) is 0 Å². The second kappa shape index (κ2) is 8.35. The number of nitrogens with zero attached hydrogens (tertiary/aromatic N) is 1. The first-order chi connectivity index (χ1) is 14.6. The quantitative estimate of drug-likeness (QED) is 0.522. The molecule has 9 atom stereocenters. The maximum absolute atomic E-state index is 12.8.